The highest BCUT2D eigenvalue weighted by Crippen LogP contribution is 2.41. The van der Waals surface area contributed by atoms with Crippen molar-refractivity contribution in [3.8, 4) is 17.2 Å². The zero-order valence-corrected chi connectivity index (χ0v) is 20.4. The quantitative estimate of drug-likeness (QED) is 0.552. The molecular weight excluding hydrogens is 446 g/mol. The van der Waals surface area contributed by atoms with Gasteiger partial charge in [-0.1, -0.05) is 0 Å². The summed E-state index contributed by atoms with van der Waals surface area (Å²) in [4.78, 5) is 20.8. The molecule has 0 bridgehead atoms. The Balaban J connectivity index is 1.49. The van der Waals surface area contributed by atoms with Gasteiger partial charge in [0.25, 0.3) is 0 Å². The Morgan fingerprint density at radius 3 is 2.77 bits per heavy atom. The van der Waals surface area contributed by atoms with Crippen LogP contribution in [0.5, 0.6) is 17.2 Å². The number of carbonyl (C=O) groups is 1. The number of methoxy groups -OCH3 is 1. The van der Waals surface area contributed by atoms with Crippen LogP contribution in [-0.2, 0) is 17.6 Å². The third-order valence-electron chi connectivity index (χ3n) is 7.05. The Morgan fingerprint density at radius 1 is 1.17 bits per heavy atom. The lowest BCUT2D eigenvalue weighted by Crippen LogP contribution is -2.51. The van der Waals surface area contributed by atoms with Gasteiger partial charge in [0, 0.05) is 36.7 Å². The van der Waals surface area contributed by atoms with Crippen LogP contribution in [0.2, 0.25) is 0 Å². The van der Waals surface area contributed by atoms with E-state index in [2.05, 4.69) is 17.1 Å². The molecule has 1 saturated heterocycles. The van der Waals surface area contributed by atoms with Gasteiger partial charge in [-0.05, 0) is 73.2 Å². The second-order valence-electron chi connectivity index (χ2n) is 9.06. The predicted molar refractivity (Wildman–Crippen MR) is 133 cm³/mol. The van der Waals surface area contributed by atoms with Crippen molar-refractivity contribution in [3.05, 3.63) is 53.2 Å². The van der Waals surface area contributed by atoms with Gasteiger partial charge in [0.05, 0.1) is 33.0 Å². The first-order valence-electron chi connectivity index (χ1n) is 12.3. The fraction of sp³-hybridized carbons (Fsp3) is 0.444. The SMILES string of the molecule is CCOc1cc2c(cc1OC)CCN(C(=O)N1CCOCC1)C2CCc1c[nH]c2ccc(O)cc12. The third kappa shape index (κ3) is 4.62. The highest BCUT2D eigenvalue weighted by Gasteiger charge is 2.34. The molecule has 1 unspecified atom stereocenters. The molecule has 3 heterocycles. The zero-order valence-electron chi connectivity index (χ0n) is 20.4. The summed E-state index contributed by atoms with van der Waals surface area (Å²) in [7, 11) is 1.66. The third-order valence-corrected chi connectivity index (χ3v) is 7.05. The number of aromatic nitrogens is 1. The van der Waals surface area contributed by atoms with E-state index in [1.165, 1.54) is 5.56 Å². The highest BCUT2D eigenvalue weighted by molar-refractivity contribution is 5.84. The van der Waals surface area contributed by atoms with E-state index in [0.29, 0.717) is 45.2 Å². The number of H-pyrrole nitrogens is 1. The number of benzene rings is 2. The molecule has 2 aliphatic heterocycles. The number of aryl methyl sites for hydroxylation is 1. The number of aromatic hydroxyl groups is 1. The van der Waals surface area contributed by atoms with E-state index in [1.54, 1.807) is 19.2 Å². The van der Waals surface area contributed by atoms with Crippen LogP contribution in [0.25, 0.3) is 10.9 Å². The van der Waals surface area contributed by atoms with Crippen molar-refractivity contribution < 1.29 is 24.1 Å². The van der Waals surface area contributed by atoms with E-state index in [1.807, 2.05) is 29.0 Å². The van der Waals surface area contributed by atoms with E-state index in [9.17, 15) is 9.90 Å². The van der Waals surface area contributed by atoms with Crippen molar-refractivity contribution in [2.24, 2.45) is 0 Å². The monoisotopic (exact) mass is 479 g/mol. The average molecular weight is 480 g/mol. The summed E-state index contributed by atoms with van der Waals surface area (Å²) >= 11 is 0. The Morgan fingerprint density at radius 2 is 2.00 bits per heavy atom. The lowest BCUT2D eigenvalue weighted by Gasteiger charge is -2.41. The number of nitrogens with zero attached hydrogens (tertiary/aromatic N) is 2. The minimum atomic E-state index is -0.0959. The summed E-state index contributed by atoms with van der Waals surface area (Å²) in [5.74, 6) is 1.68. The molecule has 1 atom stereocenters. The molecule has 1 fully saturated rings. The van der Waals surface area contributed by atoms with Crippen LogP contribution >= 0.6 is 0 Å². The standard InChI is InChI=1S/C27H33N3O5/c1-3-35-26-16-22-18(14-25(26)33-2)8-9-30(27(32)29-10-12-34-13-11-29)24(22)7-4-19-17-28-23-6-5-20(31)15-21(19)23/h5-6,14-17,24,28,31H,3-4,7-13H2,1-2H3. The number of morpholine rings is 1. The molecule has 0 aliphatic carbocycles. The molecule has 2 aliphatic rings. The molecule has 2 amide bonds. The van der Waals surface area contributed by atoms with Crippen LogP contribution in [0, 0.1) is 0 Å². The molecule has 0 saturated carbocycles. The Hall–Kier alpha value is -3.39. The van der Waals surface area contributed by atoms with E-state index in [4.69, 9.17) is 14.2 Å². The summed E-state index contributed by atoms with van der Waals surface area (Å²) < 4.78 is 16.9. The largest absolute Gasteiger partial charge is 0.508 e. The lowest BCUT2D eigenvalue weighted by atomic mass is 9.88. The predicted octanol–water partition coefficient (Wildman–Crippen LogP) is 4.27. The number of carbonyl (C=O) groups excluding carboxylic acids is 1. The van der Waals surface area contributed by atoms with Crippen LogP contribution in [0.15, 0.2) is 36.5 Å². The molecule has 0 spiro atoms. The number of aromatic amines is 1. The molecule has 2 aromatic carbocycles. The first-order chi connectivity index (χ1) is 17.1. The molecule has 2 N–H and O–H groups in total. The molecule has 5 rings (SSSR count). The molecule has 186 valence electrons. The van der Waals surface area contributed by atoms with Crippen molar-refractivity contribution in [1.82, 2.24) is 14.8 Å². The summed E-state index contributed by atoms with van der Waals surface area (Å²) in [6.45, 7) is 5.52. The van der Waals surface area contributed by atoms with E-state index in [-0.39, 0.29) is 17.8 Å². The molecule has 3 aromatic rings. The van der Waals surface area contributed by atoms with Crippen molar-refractivity contribution in [2.75, 3.05) is 46.6 Å². The topological polar surface area (TPSA) is 87.3 Å². The first kappa shape index (κ1) is 23.4. The normalized spacial score (nSPS) is 17.9. The van der Waals surface area contributed by atoms with Crippen LogP contribution in [0.1, 0.15) is 36.1 Å². The maximum Gasteiger partial charge on any atom is 0.320 e. The fourth-order valence-corrected chi connectivity index (χ4v) is 5.28. The minimum Gasteiger partial charge on any atom is -0.508 e. The zero-order chi connectivity index (χ0) is 24.4. The highest BCUT2D eigenvalue weighted by atomic mass is 16.5. The number of hydrogen-bond acceptors (Lipinski definition) is 5. The number of nitrogens with one attached hydrogen (secondary N) is 1. The summed E-state index contributed by atoms with van der Waals surface area (Å²) in [5, 5.41) is 11.0. The minimum absolute atomic E-state index is 0.0642. The number of phenols is 1. The Labute approximate surface area is 205 Å². The molecule has 35 heavy (non-hydrogen) atoms. The van der Waals surface area contributed by atoms with Gasteiger partial charge in [-0.25, -0.2) is 4.79 Å². The second-order valence-corrected chi connectivity index (χ2v) is 9.06. The van der Waals surface area contributed by atoms with Crippen molar-refractivity contribution in [1.29, 1.82) is 0 Å². The van der Waals surface area contributed by atoms with E-state index in [0.717, 1.165) is 47.0 Å². The second kappa shape index (κ2) is 10.1. The van der Waals surface area contributed by atoms with Crippen LogP contribution in [-0.4, -0.2) is 72.5 Å². The number of rotatable bonds is 6. The molecule has 8 nitrogen and oxygen atoms in total. The average Bonchev–Trinajstić information content (AvgIpc) is 3.29. The van der Waals surface area contributed by atoms with Gasteiger partial charge in [-0.3, -0.25) is 0 Å². The smallest absolute Gasteiger partial charge is 0.320 e. The van der Waals surface area contributed by atoms with Gasteiger partial charge in [0.2, 0.25) is 0 Å². The molecule has 8 heteroatoms. The lowest BCUT2D eigenvalue weighted by molar-refractivity contribution is 0.0376. The van der Waals surface area contributed by atoms with Crippen molar-refractivity contribution in [3.63, 3.8) is 0 Å². The van der Waals surface area contributed by atoms with Crippen LogP contribution in [0.4, 0.5) is 4.79 Å². The molecular formula is C27H33N3O5. The van der Waals surface area contributed by atoms with Crippen molar-refractivity contribution in [2.45, 2.75) is 32.2 Å². The Bertz CT molecular complexity index is 1200. The van der Waals surface area contributed by atoms with E-state index < -0.39 is 0 Å². The van der Waals surface area contributed by atoms with Crippen LogP contribution < -0.4 is 9.47 Å². The number of urea groups is 1. The number of fused-ring (bicyclic) bond motifs is 2. The van der Waals surface area contributed by atoms with Crippen molar-refractivity contribution >= 4 is 16.9 Å². The van der Waals surface area contributed by atoms with Gasteiger partial charge in [-0.15, -0.1) is 0 Å². The molecule has 1 aromatic heterocycles. The number of phenolic OH excluding ortho intramolecular Hbond substituents is 1. The fourth-order valence-electron chi connectivity index (χ4n) is 5.28. The summed E-state index contributed by atoms with van der Waals surface area (Å²) in [5.41, 5.74) is 4.43. The van der Waals surface area contributed by atoms with Gasteiger partial charge in [0.15, 0.2) is 11.5 Å². The number of amides is 2. The van der Waals surface area contributed by atoms with Gasteiger partial charge >= 0.3 is 6.03 Å². The number of ether oxygens (including phenoxy) is 3. The maximum atomic E-state index is 13.6. The number of hydrogen-bond donors (Lipinski definition) is 2. The van der Waals surface area contributed by atoms with Gasteiger partial charge in [-0.2, -0.15) is 0 Å². The summed E-state index contributed by atoms with van der Waals surface area (Å²) in [6.07, 6.45) is 4.29. The molecule has 0 radical (unpaired) electrons. The van der Waals surface area contributed by atoms with Crippen LogP contribution in [0.3, 0.4) is 0 Å². The first-order valence-corrected chi connectivity index (χ1v) is 12.3. The summed E-state index contributed by atoms with van der Waals surface area (Å²) in [6, 6.07) is 9.46. The van der Waals surface area contributed by atoms with Gasteiger partial charge < -0.3 is 34.1 Å². The maximum absolute atomic E-state index is 13.6. The Kier molecular flexibility index (Phi) is 6.72. The van der Waals surface area contributed by atoms with Gasteiger partial charge in [0.1, 0.15) is 5.75 Å². The van der Waals surface area contributed by atoms with E-state index >= 15 is 0 Å².